The third kappa shape index (κ3) is 5.69. The van der Waals surface area contributed by atoms with Crippen LogP contribution in [-0.4, -0.2) is 32.9 Å². The molecule has 0 saturated carbocycles. The second-order valence-electron chi connectivity index (χ2n) is 2.56. The van der Waals surface area contributed by atoms with E-state index in [0.29, 0.717) is 0 Å². The fourth-order valence-corrected chi connectivity index (χ4v) is 1.41. The first-order valence-electron chi connectivity index (χ1n) is 4.16. The van der Waals surface area contributed by atoms with Crippen molar-refractivity contribution in [1.82, 2.24) is 0 Å². The fourth-order valence-electron chi connectivity index (χ4n) is 0.657. The van der Waals surface area contributed by atoms with Gasteiger partial charge in [0.1, 0.15) is 6.10 Å². The van der Waals surface area contributed by atoms with Crippen LogP contribution in [0.5, 0.6) is 0 Å². The molecule has 0 aliphatic heterocycles. The van der Waals surface area contributed by atoms with Crippen LogP contribution < -0.4 is 0 Å². The van der Waals surface area contributed by atoms with E-state index in [0.717, 1.165) is 6.08 Å². The van der Waals surface area contributed by atoms with Gasteiger partial charge in [-0.3, -0.25) is 13.6 Å². The molecule has 1 atom stereocenters. The second-order valence-corrected chi connectivity index (χ2v) is 4.44. The van der Waals surface area contributed by atoms with Gasteiger partial charge in [0.25, 0.3) is 0 Å². The predicted molar refractivity (Wildman–Crippen MR) is 53.3 cm³/mol. The van der Waals surface area contributed by atoms with Gasteiger partial charge in [-0.2, -0.15) is 0 Å². The Morgan fingerprint density at radius 3 is 2.40 bits per heavy atom. The largest absolute Gasteiger partial charge is 0.474 e. The Balaban J connectivity index is 3.99. The summed E-state index contributed by atoms with van der Waals surface area (Å²) in [6.45, 7) is 4.73. The minimum Gasteiger partial charge on any atom is -0.457 e. The van der Waals surface area contributed by atoms with E-state index in [1.807, 2.05) is 0 Å². The first kappa shape index (κ1) is 14.3. The molecule has 6 nitrogen and oxygen atoms in total. The van der Waals surface area contributed by atoms with Crippen molar-refractivity contribution in [3.05, 3.63) is 12.7 Å². The van der Waals surface area contributed by atoms with Crippen molar-refractivity contribution in [2.24, 2.45) is 0 Å². The summed E-state index contributed by atoms with van der Waals surface area (Å²) in [7, 11) is -1.11. The highest BCUT2D eigenvalue weighted by atomic mass is 31.2. The highest BCUT2D eigenvalue weighted by Gasteiger charge is 2.24. The number of esters is 1. The molecule has 7 heteroatoms. The quantitative estimate of drug-likeness (QED) is 0.380. The van der Waals surface area contributed by atoms with Gasteiger partial charge in [-0.05, 0) is 6.92 Å². The molecule has 0 aliphatic rings. The molecular weight excluding hydrogens is 223 g/mol. The number of hydrogen-bond donors (Lipinski definition) is 0. The Kier molecular flexibility index (Phi) is 6.43. The second kappa shape index (κ2) is 6.74. The molecule has 0 heterocycles. The smallest absolute Gasteiger partial charge is 0.457 e. The van der Waals surface area contributed by atoms with Crippen molar-refractivity contribution in [3.63, 3.8) is 0 Å². The van der Waals surface area contributed by atoms with Crippen molar-refractivity contribution >= 4 is 13.8 Å². The lowest BCUT2D eigenvalue weighted by Crippen LogP contribution is -2.18. The van der Waals surface area contributed by atoms with E-state index in [2.05, 4.69) is 15.6 Å². The summed E-state index contributed by atoms with van der Waals surface area (Å²) in [6, 6.07) is 0. The van der Waals surface area contributed by atoms with Crippen LogP contribution in [-0.2, 0) is 27.7 Å². The number of carbonyl (C=O) groups excluding carboxylic acids is 1. The molecule has 0 fully saturated rings. The normalized spacial score (nSPS) is 13.3. The number of hydrogen-bond acceptors (Lipinski definition) is 6. The van der Waals surface area contributed by atoms with E-state index >= 15 is 0 Å². The average molecular weight is 238 g/mol. The Bertz CT molecular complexity index is 256. The Morgan fingerprint density at radius 2 is 2.00 bits per heavy atom. The molecule has 0 aromatic rings. The minimum absolute atomic E-state index is 0.0848. The van der Waals surface area contributed by atoms with Gasteiger partial charge >= 0.3 is 13.8 Å². The number of ether oxygens (including phenoxy) is 1. The Labute approximate surface area is 88.8 Å². The third-order valence-corrected chi connectivity index (χ3v) is 2.76. The van der Waals surface area contributed by atoms with Crippen LogP contribution in [0.3, 0.4) is 0 Å². The SMILES string of the molecule is C=CC(=O)OC(C)COP(=O)(OC)OC. The van der Waals surface area contributed by atoms with Crippen LogP contribution in [0.15, 0.2) is 12.7 Å². The molecule has 0 aliphatic carbocycles. The molecule has 0 aromatic heterocycles. The third-order valence-electron chi connectivity index (χ3n) is 1.40. The summed E-state index contributed by atoms with van der Waals surface area (Å²) in [5, 5.41) is 0. The van der Waals surface area contributed by atoms with Crippen LogP contribution in [0.25, 0.3) is 0 Å². The van der Waals surface area contributed by atoms with E-state index in [-0.39, 0.29) is 6.61 Å². The van der Waals surface area contributed by atoms with E-state index in [1.165, 1.54) is 14.2 Å². The van der Waals surface area contributed by atoms with Crippen LogP contribution in [0, 0.1) is 0 Å². The highest BCUT2D eigenvalue weighted by molar-refractivity contribution is 7.48. The molecule has 0 radical (unpaired) electrons. The molecule has 0 saturated heterocycles. The van der Waals surface area contributed by atoms with Gasteiger partial charge in [0.15, 0.2) is 0 Å². The van der Waals surface area contributed by atoms with Crippen LogP contribution in [0.4, 0.5) is 0 Å². The van der Waals surface area contributed by atoms with Gasteiger partial charge in [-0.25, -0.2) is 9.36 Å². The summed E-state index contributed by atoms with van der Waals surface area (Å²) in [5.74, 6) is -0.573. The fraction of sp³-hybridized carbons (Fsp3) is 0.625. The molecule has 88 valence electrons. The number of rotatable bonds is 7. The van der Waals surface area contributed by atoms with Gasteiger partial charge in [0.05, 0.1) is 6.61 Å². The first-order valence-corrected chi connectivity index (χ1v) is 5.62. The lowest BCUT2D eigenvalue weighted by Gasteiger charge is -2.16. The van der Waals surface area contributed by atoms with Gasteiger partial charge in [-0.1, -0.05) is 6.58 Å². The van der Waals surface area contributed by atoms with Gasteiger partial charge in [-0.15, -0.1) is 0 Å². The van der Waals surface area contributed by atoms with Crippen molar-refractivity contribution in [2.75, 3.05) is 20.8 Å². The van der Waals surface area contributed by atoms with E-state index < -0.39 is 19.9 Å². The molecule has 1 unspecified atom stereocenters. The summed E-state index contributed by atoms with van der Waals surface area (Å²) in [6.07, 6.45) is 0.469. The Hall–Kier alpha value is -0.680. The van der Waals surface area contributed by atoms with E-state index in [9.17, 15) is 9.36 Å². The number of phosphoric ester groups is 1. The van der Waals surface area contributed by atoms with Gasteiger partial charge in [0, 0.05) is 20.3 Å². The summed E-state index contributed by atoms with van der Waals surface area (Å²) in [5.41, 5.74) is 0. The Morgan fingerprint density at radius 1 is 1.47 bits per heavy atom. The molecule has 0 aromatic carbocycles. The molecule has 0 amide bonds. The first-order chi connectivity index (χ1) is 6.97. The summed E-state index contributed by atoms with van der Waals surface area (Å²) >= 11 is 0. The highest BCUT2D eigenvalue weighted by Crippen LogP contribution is 2.47. The maximum absolute atomic E-state index is 11.4. The van der Waals surface area contributed by atoms with Gasteiger partial charge in [0.2, 0.25) is 0 Å². The minimum atomic E-state index is -3.50. The zero-order chi connectivity index (χ0) is 11.9. The topological polar surface area (TPSA) is 71.1 Å². The number of carbonyl (C=O) groups is 1. The van der Waals surface area contributed by atoms with Crippen molar-refractivity contribution in [2.45, 2.75) is 13.0 Å². The van der Waals surface area contributed by atoms with Crippen molar-refractivity contribution < 1.29 is 27.7 Å². The van der Waals surface area contributed by atoms with E-state index in [4.69, 9.17) is 9.26 Å². The molecule has 0 N–H and O–H groups in total. The lowest BCUT2D eigenvalue weighted by atomic mass is 10.4. The van der Waals surface area contributed by atoms with E-state index in [1.54, 1.807) is 6.92 Å². The van der Waals surface area contributed by atoms with Gasteiger partial charge < -0.3 is 4.74 Å². The monoisotopic (exact) mass is 238 g/mol. The van der Waals surface area contributed by atoms with Crippen LogP contribution in [0.1, 0.15) is 6.92 Å². The maximum Gasteiger partial charge on any atom is 0.474 e. The standard InChI is InChI=1S/C8H15O6P/c1-5-8(9)14-7(2)6-13-15(10,11-3)12-4/h5,7H,1,6H2,2-4H3. The predicted octanol–water partition coefficient (Wildman–Crippen LogP) is 1.52. The zero-order valence-electron chi connectivity index (χ0n) is 8.97. The zero-order valence-corrected chi connectivity index (χ0v) is 9.86. The molecule has 15 heavy (non-hydrogen) atoms. The summed E-state index contributed by atoms with van der Waals surface area (Å²) in [4.78, 5) is 10.8. The molecule has 0 rings (SSSR count). The van der Waals surface area contributed by atoms with Crippen LogP contribution in [0.2, 0.25) is 0 Å². The molecule has 0 bridgehead atoms. The lowest BCUT2D eigenvalue weighted by molar-refractivity contribution is -0.143. The maximum atomic E-state index is 11.4. The molecular formula is C8H15O6P. The molecule has 0 spiro atoms. The summed E-state index contributed by atoms with van der Waals surface area (Å²) < 4.78 is 30.0. The van der Waals surface area contributed by atoms with Crippen LogP contribution >= 0.6 is 7.82 Å². The van der Waals surface area contributed by atoms with Crippen molar-refractivity contribution in [1.29, 1.82) is 0 Å². The average Bonchev–Trinajstić information content (AvgIpc) is 2.25. The number of phosphoric acid groups is 1. The van der Waals surface area contributed by atoms with Crippen molar-refractivity contribution in [3.8, 4) is 0 Å².